The van der Waals surface area contributed by atoms with Crippen LogP contribution in [0.4, 0.5) is 9.59 Å². The molecule has 6 aromatic carbocycles. The molecule has 6 aromatic rings. The van der Waals surface area contributed by atoms with Crippen LogP contribution < -0.4 is 47.9 Å². The fraction of sp³-hybridized carbons (Fsp3) is 0.391. The molecule has 0 aliphatic carbocycles. The lowest BCUT2D eigenvalue weighted by Gasteiger charge is -2.40. The fourth-order valence-electron chi connectivity index (χ4n) is 10.0. The second-order valence-electron chi connectivity index (χ2n) is 20.3. The van der Waals surface area contributed by atoms with E-state index in [1.807, 2.05) is 112 Å². The number of alkyl halides is 1. The van der Waals surface area contributed by atoms with E-state index in [1.165, 1.54) is 112 Å². The third-order valence-corrected chi connectivity index (χ3v) is 15.8. The summed E-state index contributed by atoms with van der Waals surface area (Å²) in [5.41, 5.74) is 0.803. The third-order valence-electron chi connectivity index (χ3n) is 15.7. The lowest BCUT2D eigenvalue weighted by molar-refractivity contribution is -0.150. The van der Waals surface area contributed by atoms with Gasteiger partial charge in [0.2, 0.25) is 24.0 Å². The number of nitrogens with zero attached hydrogens (tertiary/aromatic N) is 2. The van der Waals surface area contributed by atoms with Crippen molar-refractivity contribution < 1.29 is 99.8 Å². The number of likely N-dealkylation sites (N-methyl/N-ethyl adjacent to an activating group) is 3. The molecule has 0 saturated carbocycles. The van der Waals surface area contributed by atoms with Gasteiger partial charge in [0, 0.05) is 21.0 Å². The predicted molar refractivity (Wildman–Crippen MR) is 349 cm³/mol. The Balaban J connectivity index is 0.000000303. The summed E-state index contributed by atoms with van der Waals surface area (Å²) in [5, 5.41) is 3.31. The Hall–Kier alpha value is -9.81. The van der Waals surface area contributed by atoms with Crippen molar-refractivity contribution in [2.24, 2.45) is 0 Å². The quantitative estimate of drug-likeness (QED) is 0.0190. The summed E-state index contributed by atoms with van der Waals surface area (Å²) < 4.78 is 79.5. The molecule has 24 nitrogen and oxygen atoms in total. The van der Waals surface area contributed by atoms with E-state index < -0.39 is 59.5 Å². The highest BCUT2D eigenvalue weighted by atomic mass is 35.5. The second kappa shape index (κ2) is 37.6. The normalized spacial score (nSPS) is 12.4. The maximum absolute atomic E-state index is 13.0. The molecule has 6 rings (SSSR count). The maximum Gasteiger partial charge on any atom is 0.413 e. The molecule has 0 saturated heterocycles. The molecule has 0 radical (unpaired) electrons. The molecule has 0 aromatic heterocycles. The number of halogens is 1. The summed E-state index contributed by atoms with van der Waals surface area (Å²) in [5.74, 6) is 0.891. The molecule has 0 unspecified atom stereocenters. The lowest BCUT2D eigenvalue weighted by Crippen LogP contribution is -2.50. The molecular formula is C69H86ClN3O21. The number of nitrogens with one attached hydrogen (secondary N) is 1. The van der Waals surface area contributed by atoms with Crippen molar-refractivity contribution in [3.05, 3.63) is 161 Å². The predicted octanol–water partition coefficient (Wildman–Crippen LogP) is 11.6. The molecule has 0 fully saturated rings. The van der Waals surface area contributed by atoms with Crippen molar-refractivity contribution in [1.29, 1.82) is 0 Å². The monoisotopic (exact) mass is 1330 g/mol. The molecule has 0 aliphatic rings. The largest absolute Gasteiger partial charge is 0.493 e. The van der Waals surface area contributed by atoms with Crippen LogP contribution in [-0.4, -0.2) is 164 Å². The maximum atomic E-state index is 13.0. The van der Waals surface area contributed by atoms with Crippen molar-refractivity contribution in [3.8, 4) is 51.7 Å². The standard InChI is InChI=1S/C25H31NO9.C23H28ClNO7.C21H27NO5/c1-7-25(19-11-9-8-10-12-19,26(3)24(29)35-16-34-17(2)27)15-33-23(28)18-13-20(30-4)22(32-6)21(14-18)31-5;1-6-23(17-10-8-7-9-11-17,25(2)22(27)32-15-24)14-31-21(26)16-12-18(28-3)20(30-5)19(13-16)29-4;1-6-21(22-2,16-10-8-7-9-11-16)14-27-20(23)15-12-17(24-3)19(26-5)18(13-15)25-4/h8-14H,7,15-16H2,1-6H3;7-13H,6,14-15H2,1-5H3;7-13,22H,6,14H2,1-5H3/t25-;23-;21-/m000/s1. The van der Waals surface area contributed by atoms with Gasteiger partial charge in [-0.1, -0.05) is 123 Å². The molecular weight excluding hydrogens is 1240 g/mol. The molecule has 0 aliphatic heterocycles. The minimum atomic E-state index is -1.06. The van der Waals surface area contributed by atoms with Gasteiger partial charge >= 0.3 is 36.1 Å². The minimum Gasteiger partial charge on any atom is -0.493 e. The Morgan fingerprint density at radius 3 is 0.957 bits per heavy atom. The van der Waals surface area contributed by atoms with Gasteiger partial charge in [0.05, 0.1) is 86.2 Å². The van der Waals surface area contributed by atoms with Crippen LogP contribution in [0.25, 0.3) is 0 Å². The smallest absolute Gasteiger partial charge is 0.413 e. The zero-order valence-electron chi connectivity index (χ0n) is 56.1. The van der Waals surface area contributed by atoms with Gasteiger partial charge in [0.15, 0.2) is 40.6 Å². The summed E-state index contributed by atoms with van der Waals surface area (Å²) in [7, 11) is 18.2. The van der Waals surface area contributed by atoms with Crippen molar-refractivity contribution in [2.45, 2.75) is 63.6 Å². The number of benzene rings is 6. The second-order valence-corrected chi connectivity index (χ2v) is 20.5. The minimum absolute atomic E-state index is 0.114. The first-order valence-corrected chi connectivity index (χ1v) is 30.0. The van der Waals surface area contributed by atoms with Crippen LogP contribution >= 0.6 is 11.6 Å². The molecule has 1 N–H and O–H groups in total. The van der Waals surface area contributed by atoms with Crippen LogP contribution in [-0.2, 0) is 49.8 Å². The summed E-state index contributed by atoms with van der Waals surface area (Å²) in [6, 6.07) is 37.2. The zero-order valence-corrected chi connectivity index (χ0v) is 56.9. The number of carbonyl (C=O) groups is 6. The number of esters is 4. The number of rotatable bonds is 30. The van der Waals surface area contributed by atoms with Gasteiger partial charge in [-0.25, -0.2) is 24.0 Å². The Bertz CT molecular complexity index is 3340. The molecule has 25 heteroatoms. The topological polar surface area (TPSA) is 259 Å². The highest BCUT2D eigenvalue weighted by Crippen LogP contribution is 2.42. The highest BCUT2D eigenvalue weighted by molar-refractivity contribution is 6.17. The number of amides is 2. The van der Waals surface area contributed by atoms with E-state index in [0.29, 0.717) is 70.2 Å². The molecule has 510 valence electrons. The summed E-state index contributed by atoms with van der Waals surface area (Å²) in [6.07, 6.45) is 0.220. The SMILES string of the molecule is CC[C@@](COC(=O)c1cc(OC)c(OC)c(OC)c1)(NC)c1ccccc1.CC[C@](COC(=O)c1cc(OC)c(OC)c(OC)c1)(c1ccccc1)N(C)C(=O)OCCl.CC[C@](COC(=O)c1cc(OC)c(OC)c(OC)c1)(c1ccccc1)N(C)C(=O)OCOC(C)=O. The number of ether oxygens (including phenoxy) is 15. The molecule has 94 heavy (non-hydrogen) atoms. The zero-order chi connectivity index (χ0) is 69.6. The fourth-order valence-corrected chi connectivity index (χ4v) is 10.1. The Kier molecular flexibility index (Phi) is 30.7. The molecule has 2 amide bonds. The van der Waals surface area contributed by atoms with E-state index in [0.717, 1.165) is 23.1 Å². The first kappa shape index (κ1) is 76.6. The van der Waals surface area contributed by atoms with Crippen molar-refractivity contribution in [1.82, 2.24) is 15.1 Å². The molecule has 0 spiro atoms. The van der Waals surface area contributed by atoms with Crippen LogP contribution in [0.2, 0.25) is 0 Å². The Morgan fingerprint density at radius 1 is 0.404 bits per heavy atom. The Labute approximate surface area is 554 Å². The first-order valence-electron chi connectivity index (χ1n) is 29.4. The third kappa shape index (κ3) is 18.9. The van der Waals surface area contributed by atoms with E-state index in [9.17, 15) is 28.8 Å². The number of methoxy groups -OCH3 is 9. The van der Waals surface area contributed by atoms with Gasteiger partial charge in [-0.05, 0) is 79.4 Å². The van der Waals surface area contributed by atoms with Crippen LogP contribution in [0.5, 0.6) is 51.7 Å². The van der Waals surface area contributed by atoms with Gasteiger partial charge in [-0.3, -0.25) is 14.6 Å². The van der Waals surface area contributed by atoms with Crippen LogP contribution in [0.15, 0.2) is 127 Å². The van der Waals surface area contributed by atoms with E-state index in [1.54, 1.807) is 19.2 Å². The summed E-state index contributed by atoms with van der Waals surface area (Å²) >= 11 is 5.58. The van der Waals surface area contributed by atoms with E-state index in [4.69, 9.17) is 82.7 Å². The molecule has 0 bridgehead atoms. The van der Waals surface area contributed by atoms with Gasteiger partial charge in [0.25, 0.3) is 0 Å². The van der Waals surface area contributed by atoms with Gasteiger partial charge < -0.3 is 76.4 Å². The van der Waals surface area contributed by atoms with Gasteiger partial charge in [-0.15, -0.1) is 0 Å². The highest BCUT2D eigenvalue weighted by Gasteiger charge is 2.42. The van der Waals surface area contributed by atoms with Gasteiger partial charge in [-0.2, -0.15) is 0 Å². The number of carbonyl (C=O) groups excluding carboxylic acids is 6. The molecule has 0 heterocycles. The van der Waals surface area contributed by atoms with E-state index >= 15 is 0 Å². The average molecular weight is 1330 g/mol. The molecule has 3 atom stereocenters. The van der Waals surface area contributed by atoms with Gasteiger partial charge in [0.1, 0.15) is 30.9 Å². The van der Waals surface area contributed by atoms with Crippen LogP contribution in [0, 0.1) is 0 Å². The van der Waals surface area contributed by atoms with Crippen molar-refractivity contribution in [2.75, 3.05) is 118 Å². The Morgan fingerprint density at radius 2 is 0.702 bits per heavy atom. The van der Waals surface area contributed by atoms with Crippen molar-refractivity contribution >= 4 is 47.7 Å². The van der Waals surface area contributed by atoms with Crippen LogP contribution in [0.3, 0.4) is 0 Å². The van der Waals surface area contributed by atoms with E-state index in [2.05, 4.69) is 12.2 Å². The average Bonchev–Trinajstić information content (AvgIpc) is 0.867. The van der Waals surface area contributed by atoms with E-state index in [-0.39, 0.29) is 37.0 Å². The summed E-state index contributed by atoms with van der Waals surface area (Å²) in [6.45, 7) is 6.38. The lowest BCUT2D eigenvalue weighted by atomic mass is 9.86. The summed E-state index contributed by atoms with van der Waals surface area (Å²) in [4.78, 5) is 77.7. The number of hydrogen-bond donors (Lipinski definition) is 1. The first-order chi connectivity index (χ1) is 45.2. The van der Waals surface area contributed by atoms with Crippen LogP contribution in [0.1, 0.15) is 94.7 Å². The number of hydrogen-bond acceptors (Lipinski definition) is 22. The van der Waals surface area contributed by atoms with Crippen molar-refractivity contribution in [3.63, 3.8) is 0 Å².